The maximum absolute atomic E-state index is 13.5. The topological polar surface area (TPSA) is 76.1 Å². The number of benzene rings is 3. The van der Waals surface area contributed by atoms with Gasteiger partial charge in [-0.3, -0.25) is 9.59 Å². The largest absolute Gasteiger partial charge is 0.486 e. The third-order valence-electron chi connectivity index (χ3n) is 6.04. The summed E-state index contributed by atoms with van der Waals surface area (Å²) in [5.41, 5.74) is 1.46. The number of ether oxygens (including phenoxy) is 2. The maximum Gasteiger partial charge on any atom is 0.264 e. The van der Waals surface area contributed by atoms with Gasteiger partial charge in [-0.15, -0.1) is 0 Å². The Labute approximate surface area is 199 Å². The standard InChI is InChI=1S/C26H22BrNO5/c1-16-2-4-17(5-3-16)15-28-21-8-7-19(27)13-20(21)26(31,25(28)30)14-22(29)18-6-9-23-24(12-18)33-11-10-32-23/h2-9,12-13,31H,10-11,14-15H2,1H3. The zero-order valence-corrected chi connectivity index (χ0v) is 19.6. The van der Waals surface area contributed by atoms with E-state index in [1.165, 1.54) is 0 Å². The smallest absolute Gasteiger partial charge is 0.264 e. The molecule has 1 amide bonds. The number of nitrogens with zero attached hydrogens (tertiary/aromatic N) is 1. The van der Waals surface area contributed by atoms with Gasteiger partial charge >= 0.3 is 0 Å². The highest BCUT2D eigenvalue weighted by Gasteiger charge is 2.51. The second kappa shape index (κ2) is 8.32. The first-order valence-corrected chi connectivity index (χ1v) is 11.5. The van der Waals surface area contributed by atoms with Gasteiger partial charge in [0.15, 0.2) is 22.9 Å². The number of ketones is 1. The summed E-state index contributed by atoms with van der Waals surface area (Å²) in [4.78, 5) is 28.3. The molecule has 3 aromatic rings. The van der Waals surface area contributed by atoms with Crippen LogP contribution in [0.15, 0.2) is 65.1 Å². The number of aliphatic hydroxyl groups is 1. The molecule has 2 aliphatic rings. The Morgan fingerprint density at radius 3 is 2.52 bits per heavy atom. The lowest BCUT2D eigenvalue weighted by Gasteiger charge is -2.23. The van der Waals surface area contributed by atoms with Gasteiger partial charge in [-0.05, 0) is 48.9 Å². The summed E-state index contributed by atoms with van der Waals surface area (Å²) in [6.07, 6.45) is -0.376. The number of amides is 1. The normalized spacial score (nSPS) is 18.9. The van der Waals surface area contributed by atoms with Gasteiger partial charge in [0.2, 0.25) is 0 Å². The van der Waals surface area contributed by atoms with E-state index >= 15 is 0 Å². The Morgan fingerprint density at radius 2 is 1.76 bits per heavy atom. The van der Waals surface area contributed by atoms with Crippen molar-refractivity contribution >= 4 is 33.3 Å². The lowest BCUT2D eigenvalue weighted by Crippen LogP contribution is -2.41. The van der Waals surface area contributed by atoms with E-state index in [1.807, 2.05) is 37.3 Å². The summed E-state index contributed by atoms with van der Waals surface area (Å²) >= 11 is 3.43. The number of anilines is 1. The van der Waals surface area contributed by atoms with E-state index in [0.717, 1.165) is 15.6 Å². The van der Waals surface area contributed by atoms with Gasteiger partial charge in [-0.25, -0.2) is 0 Å². The summed E-state index contributed by atoms with van der Waals surface area (Å²) in [5, 5.41) is 11.6. The third-order valence-corrected chi connectivity index (χ3v) is 6.53. The first-order valence-electron chi connectivity index (χ1n) is 10.7. The summed E-state index contributed by atoms with van der Waals surface area (Å²) < 4.78 is 11.8. The van der Waals surface area contributed by atoms with Crippen LogP contribution in [0.2, 0.25) is 0 Å². The molecule has 0 saturated carbocycles. The van der Waals surface area contributed by atoms with Gasteiger partial charge in [0, 0.05) is 15.6 Å². The second-order valence-electron chi connectivity index (χ2n) is 8.36. The Hall–Kier alpha value is -3.16. The predicted molar refractivity (Wildman–Crippen MR) is 127 cm³/mol. The van der Waals surface area contributed by atoms with Crippen LogP contribution in [0.25, 0.3) is 0 Å². The summed E-state index contributed by atoms with van der Waals surface area (Å²) in [6, 6.07) is 18.1. The molecule has 33 heavy (non-hydrogen) atoms. The van der Waals surface area contributed by atoms with Crippen LogP contribution in [-0.4, -0.2) is 30.0 Å². The highest BCUT2D eigenvalue weighted by Crippen LogP contribution is 2.45. The molecule has 0 aromatic heterocycles. The minimum atomic E-state index is -1.96. The zero-order chi connectivity index (χ0) is 23.2. The number of hydrogen-bond acceptors (Lipinski definition) is 5. The van der Waals surface area contributed by atoms with Gasteiger partial charge in [0.05, 0.1) is 18.7 Å². The Balaban J connectivity index is 1.47. The second-order valence-corrected chi connectivity index (χ2v) is 9.27. The molecule has 0 aliphatic carbocycles. The number of hydrogen-bond donors (Lipinski definition) is 1. The fraction of sp³-hybridized carbons (Fsp3) is 0.231. The van der Waals surface area contributed by atoms with Gasteiger partial charge in [0.1, 0.15) is 13.2 Å². The van der Waals surface area contributed by atoms with E-state index in [0.29, 0.717) is 48.1 Å². The summed E-state index contributed by atoms with van der Waals surface area (Å²) in [5.74, 6) is 0.195. The lowest BCUT2D eigenvalue weighted by atomic mass is 9.88. The first-order chi connectivity index (χ1) is 15.8. The number of aryl methyl sites for hydroxylation is 1. The lowest BCUT2D eigenvalue weighted by molar-refractivity contribution is -0.136. The molecule has 0 spiro atoms. The van der Waals surface area contributed by atoms with Crippen molar-refractivity contribution in [2.24, 2.45) is 0 Å². The third kappa shape index (κ3) is 3.92. The van der Waals surface area contributed by atoms with Crippen molar-refractivity contribution in [3.05, 3.63) is 87.4 Å². The van der Waals surface area contributed by atoms with Crippen molar-refractivity contribution in [1.82, 2.24) is 0 Å². The van der Waals surface area contributed by atoms with Crippen LogP contribution in [0, 0.1) is 6.92 Å². The quantitative estimate of drug-likeness (QED) is 0.513. The number of rotatable bonds is 5. The van der Waals surface area contributed by atoms with E-state index < -0.39 is 11.5 Å². The van der Waals surface area contributed by atoms with Crippen LogP contribution in [-0.2, 0) is 16.9 Å². The molecule has 2 aliphatic heterocycles. The first kappa shape index (κ1) is 21.7. The fourth-order valence-electron chi connectivity index (χ4n) is 4.28. The van der Waals surface area contributed by atoms with Crippen molar-refractivity contribution < 1.29 is 24.2 Å². The van der Waals surface area contributed by atoms with Gasteiger partial charge in [-0.2, -0.15) is 0 Å². The van der Waals surface area contributed by atoms with Crippen molar-refractivity contribution in [2.45, 2.75) is 25.5 Å². The molecule has 1 N–H and O–H groups in total. The highest BCUT2D eigenvalue weighted by atomic mass is 79.9. The molecule has 6 nitrogen and oxygen atoms in total. The van der Waals surface area contributed by atoms with Crippen molar-refractivity contribution in [1.29, 1.82) is 0 Å². The van der Waals surface area contributed by atoms with Gasteiger partial charge in [0.25, 0.3) is 5.91 Å². The Kier molecular flexibility index (Phi) is 5.46. The molecule has 0 radical (unpaired) electrons. The number of carbonyl (C=O) groups is 2. The van der Waals surface area contributed by atoms with E-state index in [4.69, 9.17) is 9.47 Å². The fourth-order valence-corrected chi connectivity index (χ4v) is 4.64. The van der Waals surface area contributed by atoms with Gasteiger partial charge in [-0.1, -0.05) is 45.8 Å². The summed E-state index contributed by atoms with van der Waals surface area (Å²) in [7, 11) is 0. The molecule has 5 rings (SSSR count). The number of fused-ring (bicyclic) bond motifs is 2. The SMILES string of the molecule is Cc1ccc(CN2C(=O)C(O)(CC(=O)c3ccc4c(c3)OCCO4)c3cc(Br)ccc32)cc1. The predicted octanol–water partition coefficient (Wildman–Crippen LogP) is 4.54. The van der Waals surface area contributed by atoms with E-state index in [-0.39, 0.29) is 12.2 Å². The molecular formula is C26H22BrNO5. The molecular weight excluding hydrogens is 486 g/mol. The number of Topliss-reactive ketones (excluding diaryl/α,β-unsaturated/α-hetero) is 1. The minimum absolute atomic E-state index is 0.300. The van der Waals surface area contributed by atoms with Crippen LogP contribution >= 0.6 is 15.9 Å². The van der Waals surface area contributed by atoms with E-state index in [9.17, 15) is 14.7 Å². The molecule has 0 bridgehead atoms. The molecule has 3 aromatic carbocycles. The molecule has 0 fully saturated rings. The number of halogens is 1. The molecule has 1 atom stereocenters. The van der Waals surface area contributed by atoms with Crippen molar-refractivity contribution in [3.8, 4) is 11.5 Å². The van der Waals surface area contributed by atoms with Crippen LogP contribution < -0.4 is 14.4 Å². The Morgan fingerprint density at radius 1 is 1.03 bits per heavy atom. The van der Waals surface area contributed by atoms with Crippen LogP contribution in [0.3, 0.4) is 0 Å². The molecule has 1 unspecified atom stereocenters. The highest BCUT2D eigenvalue weighted by molar-refractivity contribution is 9.10. The van der Waals surface area contributed by atoms with Crippen LogP contribution in [0.5, 0.6) is 11.5 Å². The number of carbonyl (C=O) groups excluding carboxylic acids is 2. The van der Waals surface area contributed by atoms with E-state index in [2.05, 4.69) is 15.9 Å². The molecule has 2 heterocycles. The van der Waals surface area contributed by atoms with Gasteiger partial charge < -0.3 is 19.5 Å². The zero-order valence-electron chi connectivity index (χ0n) is 18.0. The molecule has 7 heteroatoms. The maximum atomic E-state index is 13.5. The minimum Gasteiger partial charge on any atom is -0.486 e. The molecule has 168 valence electrons. The molecule has 0 saturated heterocycles. The monoisotopic (exact) mass is 507 g/mol. The average Bonchev–Trinajstić information content (AvgIpc) is 3.01. The Bertz CT molecular complexity index is 1260. The van der Waals surface area contributed by atoms with Crippen molar-refractivity contribution in [2.75, 3.05) is 18.1 Å². The van der Waals surface area contributed by atoms with Crippen LogP contribution in [0.4, 0.5) is 5.69 Å². The average molecular weight is 508 g/mol. The van der Waals surface area contributed by atoms with E-state index in [1.54, 1.807) is 35.2 Å². The summed E-state index contributed by atoms with van der Waals surface area (Å²) in [6.45, 7) is 3.16. The van der Waals surface area contributed by atoms with Crippen molar-refractivity contribution in [3.63, 3.8) is 0 Å². The van der Waals surface area contributed by atoms with Crippen LogP contribution in [0.1, 0.15) is 33.5 Å².